The summed E-state index contributed by atoms with van der Waals surface area (Å²) in [7, 11) is 0. The molecule has 5 rings (SSSR count). The van der Waals surface area contributed by atoms with Crippen molar-refractivity contribution in [3.8, 4) is 11.5 Å². The van der Waals surface area contributed by atoms with Crippen molar-refractivity contribution in [1.29, 1.82) is 0 Å². The van der Waals surface area contributed by atoms with E-state index < -0.39 is 0 Å². The third-order valence-corrected chi connectivity index (χ3v) is 5.52. The molecular weight excluding hydrogens is 384 g/mol. The van der Waals surface area contributed by atoms with Crippen molar-refractivity contribution < 1.29 is 9.47 Å². The fraction of sp³-hybridized carbons (Fsp3) is 0.211. The molecule has 4 aromatic rings. The van der Waals surface area contributed by atoms with Crippen LogP contribution in [0.4, 0.5) is 0 Å². The molecule has 1 N–H and O–H groups in total. The number of rotatable bonds is 3. The Hall–Kier alpha value is -2.51. The second-order valence-electron chi connectivity index (χ2n) is 6.21. The van der Waals surface area contributed by atoms with Gasteiger partial charge < -0.3 is 14.5 Å². The lowest BCUT2D eigenvalue weighted by Gasteiger charge is -2.11. The van der Waals surface area contributed by atoms with Gasteiger partial charge in [0.1, 0.15) is 5.52 Å². The molecule has 0 bridgehead atoms. The molecule has 6 nitrogen and oxygen atoms in total. The van der Waals surface area contributed by atoms with Gasteiger partial charge in [-0.2, -0.15) is 0 Å². The highest BCUT2D eigenvalue weighted by Gasteiger charge is 2.16. The average Bonchev–Trinajstić information content (AvgIpc) is 2.87. The van der Waals surface area contributed by atoms with E-state index in [0.717, 1.165) is 34.1 Å². The van der Waals surface area contributed by atoms with E-state index in [2.05, 4.69) is 20.2 Å². The van der Waals surface area contributed by atoms with Gasteiger partial charge in [0.15, 0.2) is 17.1 Å². The van der Waals surface area contributed by atoms with Crippen molar-refractivity contribution in [2.75, 3.05) is 13.2 Å². The highest BCUT2D eigenvalue weighted by molar-refractivity contribution is 7.98. The zero-order valence-corrected chi connectivity index (χ0v) is 15.8. The normalized spacial score (nSPS) is 13.8. The number of benzene rings is 2. The van der Waals surface area contributed by atoms with Gasteiger partial charge in [0.05, 0.1) is 18.2 Å². The fourth-order valence-corrected chi connectivity index (χ4v) is 4.09. The summed E-state index contributed by atoms with van der Waals surface area (Å²) in [5, 5.41) is 10.8. The van der Waals surface area contributed by atoms with Gasteiger partial charge in [-0.05, 0) is 23.8 Å². The van der Waals surface area contributed by atoms with E-state index in [4.69, 9.17) is 21.1 Å². The summed E-state index contributed by atoms with van der Waals surface area (Å²) in [5.74, 6) is 1.98. The Kier molecular flexibility index (Phi) is 4.26. The van der Waals surface area contributed by atoms with Crippen LogP contribution in [0, 0.1) is 0 Å². The molecule has 0 aliphatic carbocycles. The first-order valence-electron chi connectivity index (χ1n) is 8.60. The van der Waals surface area contributed by atoms with Crippen LogP contribution in [0.3, 0.4) is 0 Å². The predicted octanol–water partition coefficient (Wildman–Crippen LogP) is 4.61. The number of aromatic nitrogens is 4. The molecule has 0 saturated heterocycles. The van der Waals surface area contributed by atoms with Gasteiger partial charge in [-0.25, -0.2) is 4.98 Å². The Morgan fingerprint density at radius 3 is 2.96 bits per heavy atom. The highest BCUT2D eigenvalue weighted by Crippen LogP contribution is 2.39. The maximum atomic E-state index is 6.36. The topological polar surface area (TPSA) is 72.9 Å². The van der Waals surface area contributed by atoms with E-state index in [-0.39, 0.29) is 0 Å². The number of nitrogens with zero attached hydrogens (tertiary/aromatic N) is 3. The maximum absolute atomic E-state index is 6.36. The second kappa shape index (κ2) is 6.90. The third-order valence-electron chi connectivity index (χ3n) is 4.33. The summed E-state index contributed by atoms with van der Waals surface area (Å²) >= 11 is 7.87. The van der Waals surface area contributed by atoms with Gasteiger partial charge in [-0.15, -0.1) is 10.2 Å². The second-order valence-corrected chi connectivity index (χ2v) is 7.56. The average molecular weight is 399 g/mol. The lowest BCUT2D eigenvalue weighted by molar-refractivity contribution is 0.297. The van der Waals surface area contributed by atoms with Crippen molar-refractivity contribution >= 4 is 45.4 Å². The first kappa shape index (κ1) is 16.6. The van der Waals surface area contributed by atoms with E-state index in [1.54, 1.807) is 0 Å². The number of hydrogen-bond donors (Lipinski definition) is 1. The minimum Gasteiger partial charge on any atom is -0.489 e. The number of nitrogens with one attached hydrogen (secondary N) is 1. The largest absolute Gasteiger partial charge is 0.489 e. The van der Waals surface area contributed by atoms with Crippen LogP contribution in [0.15, 0.2) is 41.6 Å². The van der Waals surface area contributed by atoms with Gasteiger partial charge in [-0.3, -0.25) is 0 Å². The van der Waals surface area contributed by atoms with Crippen LogP contribution in [-0.4, -0.2) is 33.4 Å². The lowest BCUT2D eigenvalue weighted by atomic mass is 10.2. The van der Waals surface area contributed by atoms with E-state index in [9.17, 15) is 0 Å². The molecule has 27 heavy (non-hydrogen) atoms. The number of hydrogen-bond acceptors (Lipinski definition) is 6. The van der Waals surface area contributed by atoms with E-state index in [1.807, 2.05) is 36.4 Å². The van der Waals surface area contributed by atoms with Crippen molar-refractivity contribution in [3.05, 3.63) is 47.0 Å². The molecule has 0 saturated carbocycles. The van der Waals surface area contributed by atoms with Crippen molar-refractivity contribution in [3.63, 3.8) is 0 Å². The zero-order valence-electron chi connectivity index (χ0n) is 14.2. The molecule has 0 spiro atoms. The molecule has 8 heteroatoms. The van der Waals surface area contributed by atoms with Crippen LogP contribution < -0.4 is 9.47 Å². The molecule has 3 heterocycles. The quantitative estimate of drug-likeness (QED) is 0.508. The number of aromatic amines is 1. The smallest absolute Gasteiger partial charge is 0.211 e. The molecule has 2 aromatic heterocycles. The van der Waals surface area contributed by atoms with Crippen LogP contribution >= 0.6 is 23.4 Å². The van der Waals surface area contributed by atoms with Gasteiger partial charge in [0.2, 0.25) is 5.16 Å². The lowest BCUT2D eigenvalue weighted by Crippen LogP contribution is -1.97. The molecule has 0 fully saturated rings. The van der Waals surface area contributed by atoms with Gasteiger partial charge >= 0.3 is 0 Å². The molecule has 0 atom stereocenters. The number of halogens is 1. The predicted molar refractivity (Wildman–Crippen MR) is 106 cm³/mol. The van der Waals surface area contributed by atoms with Crippen molar-refractivity contribution in [2.24, 2.45) is 0 Å². The Morgan fingerprint density at radius 2 is 2.00 bits per heavy atom. The molecule has 0 unspecified atom stereocenters. The summed E-state index contributed by atoms with van der Waals surface area (Å²) in [5.41, 5.74) is 3.56. The first-order valence-corrected chi connectivity index (χ1v) is 9.96. The number of fused-ring (bicyclic) bond motifs is 4. The minimum atomic E-state index is 0.565. The number of para-hydroxylation sites is 1. The standard InChI is InChI=1S/C19H15ClN4O2S/c20-13-8-11(9-15-17(13)26-7-3-6-25-15)10-27-19-22-18-16(23-24-19)12-4-1-2-5-14(12)21-18/h1-2,4-5,8-9H,3,6-7,10H2,(H,21,22,24). The monoisotopic (exact) mass is 398 g/mol. The molecule has 136 valence electrons. The Balaban J connectivity index is 1.40. The SMILES string of the molecule is Clc1cc(CSc2nnc3c(n2)[nH]c2ccccc23)cc2c1OCCCO2. The van der Waals surface area contributed by atoms with E-state index in [0.29, 0.717) is 40.6 Å². The Labute approximate surface area is 164 Å². The van der Waals surface area contributed by atoms with Gasteiger partial charge in [-0.1, -0.05) is 41.6 Å². The first-order chi connectivity index (χ1) is 13.3. The molecule has 2 aromatic carbocycles. The summed E-state index contributed by atoms with van der Waals surface area (Å²) in [4.78, 5) is 7.89. The van der Waals surface area contributed by atoms with Crippen molar-refractivity contribution in [1.82, 2.24) is 20.2 Å². The third kappa shape index (κ3) is 3.17. The number of H-pyrrole nitrogens is 1. The van der Waals surface area contributed by atoms with Gasteiger partial charge in [0.25, 0.3) is 0 Å². The minimum absolute atomic E-state index is 0.565. The van der Waals surface area contributed by atoms with Crippen molar-refractivity contribution in [2.45, 2.75) is 17.3 Å². The summed E-state index contributed by atoms with van der Waals surface area (Å²) in [6.45, 7) is 1.24. The molecular formula is C19H15ClN4O2S. The number of ether oxygens (including phenoxy) is 2. The van der Waals surface area contributed by atoms with Crippen LogP contribution in [0.1, 0.15) is 12.0 Å². The molecule has 1 aliphatic rings. The van der Waals surface area contributed by atoms with E-state index in [1.165, 1.54) is 11.8 Å². The summed E-state index contributed by atoms with van der Waals surface area (Å²) in [6.07, 6.45) is 0.846. The summed E-state index contributed by atoms with van der Waals surface area (Å²) in [6, 6.07) is 11.8. The van der Waals surface area contributed by atoms with Crippen LogP contribution in [-0.2, 0) is 5.75 Å². The fourth-order valence-electron chi connectivity index (χ4n) is 3.08. The van der Waals surface area contributed by atoms with Crippen LogP contribution in [0.25, 0.3) is 22.1 Å². The molecule has 0 amide bonds. The Morgan fingerprint density at radius 1 is 1.11 bits per heavy atom. The van der Waals surface area contributed by atoms with Gasteiger partial charge in [0, 0.05) is 23.1 Å². The summed E-state index contributed by atoms with van der Waals surface area (Å²) < 4.78 is 11.4. The van der Waals surface area contributed by atoms with E-state index >= 15 is 0 Å². The zero-order chi connectivity index (χ0) is 18.2. The highest BCUT2D eigenvalue weighted by atomic mass is 35.5. The number of thioether (sulfide) groups is 1. The maximum Gasteiger partial charge on any atom is 0.211 e. The molecule has 1 aliphatic heterocycles. The molecule has 0 radical (unpaired) electrons. The van der Waals surface area contributed by atoms with Crippen LogP contribution in [0.5, 0.6) is 11.5 Å². The van der Waals surface area contributed by atoms with Crippen LogP contribution in [0.2, 0.25) is 5.02 Å². The Bertz CT molecular complexity index is 1150.